The molecule has 4 nitrogen and oxygen atoms in total. The Morgan fingerprint density at radius 2 is 2.08 bits per heavy atom. The number of hydrogen-bond donors (Lipinski definition) is 0. The smallest absolute Gasteiger partial charge is 0.223 e. The molecule has 0 N–H and O–H groups in total. The lowest BCUT2D eigenvalue weighted by Crippen LogP contribution is -2.40. The molecule has 1 rings (SSSR count). The molecule has 0 aromatic heterocycles. The van der Waals surface area contributed by atoms with Gasteiger partial charge < -0.3 is 14.4 Å². The standard InChI is InChI=1S/C8H13NO3/c10-5-1-2-8(11)9-3-6-12-7-4-9/h5H,1-4,6-7H2. The topological polar surface area (TPSA) is 46.6 Å². The van der Waals surface area contributed by atoms with Gasteiger partial charge in [0.15, 0.2) is 0 Å². The van der Waals surface area contributed by atoms with Gasteiger partial charge in [0.25, 0.3) is 0 Å². The Hall–Kier alpha value is -0.900. The Kier molecular flexibility index (Phi) is 3.73. The van der Waals surface area contributed by atoms with Crippen molar-refractivity contribution in [2.24, 2.45) is 0 Å². The molecule has 0 aromatic carbocycles. The molecule has 1 amide bonds. The summed E-state index contributed by atoms with van der Waals surface area (Å²) < 4.78 is 5.09. The number of aldehydes is 1. The van der Waals surface area contributed by atoms with Gasteiger partial charge in [-0.1, -0.05) is 0 Å². The van der Waals surface area contributed by atoms with E-state index in [0.29, 0.717) is 39.1 Å². The molecule has 68 valence electrons. The van der Waals surface area contributed by atoms with Crippen molar-refractivity contribution in [1.82, 2.24) is 4.90 Å². The fraction of sp³-hybridized carbons (Fsp3) is 0.750. The molecule has 0 aliphatic carbocycles. The van der Waals surface area contributed by atoms with E-state index in [0.717, 1.165) is 6.29 Å². The van der Waals surface area contributed by atoms with Crippen LogP contribution in [0.4, 0.5) is 0 Å². The molecule has 0 radical (unpaired) electrons. The van der Waals surface area contributed by atoms with Crippen molar-refractivity contribution in [1.29, 1.82) is 0 Å². The second-order valence-electron chi connectivity index (χ2n) is 2.70. The average Bonchev–Trinajstić information content (AvgIpc) is 2.15. The van der Waals surface area contributed by atoms with Gasteiger partial charge in [-0.3, -0.25) is 4.79 Å². The van der Waals surface area contributed by atoms with E-state index >= 15 is 0 Å². The number of carbonyl (C=O) groups excluding carboxylic acids is 2. The average molecular weight is 171 g/mol. The van der Waals surface area contributed by atoms with Gasteiger partial charge in [0.1, 0.15) is 6.29 Å². The van der Waals surface area contributed by atoms with Gasteiger partial charge in [0.2, 0.25) is 5.91 Å². The van der Waals surface area contributed by atoms with Gasteiger partial charge in [-0.2, -0.15) is 0 Å². The van der Waals surface area contributed by atoms with E-state index in [-0.39, 0.29) is 5.91 Å². The molecule has 0 unspecified atom stereocenters. The Labute approximate surface area is 71.5 Å². The number of nitrogens with zero attached hydrogens (tertiary/aromatic N) is 1. The minimum Gasteiger partial charge on any atom is -0.378 e. The minimum atomic E-state index is 0.0606. The molecule has 0 spiro atoms. The molecule has 1 aliphatic rings. The zero-order valence-corrected chi connectivity index (χ0v) is 6.99. The lowest BCUT2D eigenvalue weighted by molar-refractivity contribution is -0.136. The third-order valence-corrected chi connectivity index (χ3v) is 1.84. The summed E-state index contributed by atoms with van der Waals surface area (Å²) in [5.74, 6) is 0.0606. The first-order valence-electron chi connectivity index (χ1n) is 4.14. The van der Waals surface area contributed by atoms with E-state index in [4.69, 9.17) is 4.74 Å². The molecule has 1 saturated heterocycles. The number of rotatable bonds is 3. The van der Waals surface area contributed by atoms with Crippen LogP contribution < -0.4 is 0 Å². The number of carbonyl (C=O) groups is 2. The van der Waals surface area contributed by atoms with Crippen molar-refractivity contribution in [3.05, 3.63) is 0 Å². The maximum Gasteiger partial charge on any atom is 0.223 e. The largest absolute Gasteiger partial charge is 0.378 e. The summed E-state index contributed by atoms with van der Waals surface area (Å²) >= 11 is 0. The van der Waals surface area contributed by atoms with Crippen LogP contribution in [0, 0.1) is 0 Å². The monoisotopic (exact) mass is 171 g/mol. The van der Waals surface area contributed by atoms with Crippen molar-refractivity contribution in [3.8, 4) is 0 Å². The molecule has 0 bridgehead atoms. The first-order valence-corrected chi connectivity index (χ1v) is 4.14. The Morgan fingerprint density at radius 1 is 1.42 bits per heavy atom. The number of amides is 1. The second-order valence-corrected chi connectivity index (χ2v) is 2.70. The fourth-order valence-electron chi connectivity index (χ4n) is 1.15. The molecular weight excluding hydrogens is 158 g/mol. The first kappa shape index (κ1) is 9.19. The summed E-state index contributed by atoms with van der Waals surface area (Å²) in [5, 5.41) is 0. The van der Waals surface area contributed by atoms with Gasteiger partial charge in [-0.25, -0.2) is 0 Å². The van der Waals surface area contributed by atoms with Crippen molar-refractivity contribution >= 4 is 12.2 Å². The van der Waals surface area contributed by atoms with Crippen LogP contribution in [0.25, 0.3) is 0 Å². The Balaban J connectivity index is 2.24. The number of hydrogen-bond acceptors (Lipinski definition) is 3. The highest BCUT2D eigenvalue weighted by Gasteiger charge is 2.15. The number of morpholine rings is 1. The van der Waals surface area contributed by atoms with Crippen molar-refractivity contribution in [3.63, 3.8) is 0 Å². The van der Waals surface area contributed by atoms with Crippen LogP contribution in [0.5, 0.6) is 0 Å². The van der Waals surface area contributed by atoms with E-state index in [9.17, 15) is 9.59 Å². The van der Waals surface area contributed by atoms with Crippen LogP contribution in [-0.2, 0) is 14.3 Å². The first-order chi connectivity index (χ1) is 5.84. The van der Waals surface area contributed by atoms with E-state index in [1.54, 1.807) is 4.90 Å². The molecule has 1 aliphatic heterocycles. The van der Waals surface area contributed by atoms with Crippen LogP contribution in [0.1, 0.15) is 12.8 Å². The van der Waals surface area contributed by atoms with Crippen LogP contribution in [0.2, 0.25) is 0 Å². The third kappa shape index (κ3) is 2.62. The summed E-state index contributed by atoms with van der Waals surface area (Å²) in [5.41, 5.74) is 0. The molecule has 0 saturated carbocycles. The SMILES string of the molecule is O=CCCC(=O)N1CCOCC1. The zero-order chi connectivity index (χ0) is 8.81. The van der Waals surface area contributed by atoms with E-state index in [1.807, 2.05) is 0 Å². The maximum absolute atomic E-state index is 11.3. The summed E-state index contributed by atoms with van der Waals surface area (Å²) in [6.07, 6.45) is 1.44. The highest BCUT2D eigenvalue weighted by atomic mass is 16.5. The lowest BCUT2D eigenvalue weighted by atomic mass is 10.3. The van der Waals surface area contributed by atoms with Gasteiger partial charge in [0, 0.05) is 25.9 Å². The molecule has 1 heterocycles. The maximum atomic E-state index is 11.3. The fourth-order valence-corrected chi connectivity index (χ4v) is 1.15. The van der Waals surface area contributed by atoms with Gasteiger partial charge in [-0.15, -0.1) is 0 Å². The normalized spacial score (nSPS) is 17.5. The minimum absolute atomic E-state index is 0.0606. The highest BCUT2D eigenvalue weighted by molar-refractivity contribution is 5.78. The zero-order valence-electron chi connectivity index (χ0n) is 6.99. The van der Waals surface area contributed by atoms with Crippen molar-refractivity contribution < 1.29 is 14.3 Å². The molecular formula is C8H13NO3. The molecule has 4 heteroatoms. The van der Waals surface area contributed by atoms with Gasteiger partial charge in [-0.05, 0) is 0 Å². The van der Waals surface area contributed by atoms with Crippen molar-refractivity contribution in [2.75, 3.05) is 26.3 Å². The van der Waals surface area contributed by atoms with Crippen LogP contribution in [0.15, 0.2) is 0 Å². The lowest BCUT2D eigenvalue weighted by Gasteiger charge is -2.26. The third-order valence-electron chi connectivity index (χ3n) is 1.84. The molecule has 12 heavy (non-hydrogen) atoms. The molecule has 0 atom stereocenters. The van der Waals surface area contributed by atoms with E-state index in [1.165, 1.54) is 0 Å². The van der Waals surface area contributed by atoms with E-state index in [2.05, 4.69) is 0 Å². The Bertz CT molecular complexity index is 164. The predicted octanol–water partition coefficient (Wildman–Crippen LogP) is -0.176. The van der Waals surface area contributed by atoms with Crippen LogP contribution >= 0.6 is 0 Å². The Morgan fingerprint density at radius 3 is 2.67 bits per heavy atom. The highest BCUT2D eigenvalue weighted by Crippen LogP contribution is 2.00. The molecule has 0 aromatic rings. The van der Waals surface area contributed by atoms with Crippen molar-refractivity contribution in [2.45, 2.75) is 12.8 Å². The van der Waals surface area contributed by atoms with Crippen LogP contribution in [-0.4, -0.2) is 43.4 Å². The van der Waals surface area contributed by atoms with Gasteiger partial charge in [0.05, 0.1) is 13.2 Å². The predicted molar refractivity (Wildman–Crippen MR) is 42.7 cm³/mol. The summed E-state index contributed by atoms with van der Waals surface area (Å²) in [6, 6.07) is 0. The summed E-state index contributed by atoms with van der Waals surface area (Å²) in [7, 11) is 0. The van der Waals surface area contributed by atoms with Crippen LogP contribution in [0.3, 0.4) is 0 Å². The summed E-state index contributed by atoms with van der Waals surface area (Å²) in [6.45, 7) is 2.56. The number of ether oxygens (including phenoxy) is 1. The second kappa shape index (κ2) is 4.87. The van der Waals surface area contributed by atoms with Gasteiger partial charge >= 0.3 is 0 Å². The quantitative estimate of drug-likeness (QED) is 0.553. The molecule has 1 fully saturated rings. The summed E-state index contributed by atoms with van der Waals surface area (Å²) in [4.78, 5) is 23.0. The van der Waals surface area contributed by atoms with E-state index < -0.39 is 0 Å².